The van der Waals surface area contributed by atoms with Crippen LogP contribution in [-0.2, 0) is 6.42 Å². The molecule has 9 heteroatoms. The molecule has 5 nitrogen and oxygen atoms in total. The van der Waals surface area contributed by atoms with E-state index in [1.807, 2.05) is 36.4 Å². The molecule has 0 spiro atoms. The van der Waals surface area contributed by atoms with E-state index in [0.717, 1.165) is 28.6 Å². The fourth-order valence-electron chi connectivity index (χ4n) is 3.54. The predicted octanol–water partition coefficient (Wildman–Crippen LogP) is 8.36. The zero-order valence-electron chi connectivity index (χ0n) is 24.4. The minimum Gasteiger partial charge on any atom is -0.544 e. The summed E-state index contributed by atoms with van der Waals surface area (Å²) in [5, 5.41) is 0. The van der Waals surface area contributed by atoms with Crippen molar-refractivity contribution in [3.05, 3.63) is 47.5 Å². The number of rotatable bonds is 12. The Kier molecular flexibility index (Phi) is 9.53. The Morgan fingerprint density at radius 3 is 1.36 bits per heavy atom. The van der Waals surface area contributed by atoms with E-state index in [4.69, 9.17) is 17.7 Å². The molecule has 36 heavy (non-hydrogen) atoms. The van der Waals surface area contributed by atoms with Crippen molar-refractivity contribution >= 4 is 39.1 Å². The van der Waals surface area contributed by atoms with Crippen LogP contribution in [-0.4, -0.2) is 39.1 Å². The van der Waals surface area contributed by atoms with Gasteiger partial charge >= 0.3 is 0 Å². The fourth-order valence-corrected chi connectivity index (χ4v) is 6.89. The normalized spacial score (nSPS) is 12.8. The van der Waals surface area contributed by atoms with E-state index in [1.54, 1.807) is 0 Å². The molecule has 0 heterocycles. The molecule has 0 unspecified atom stereocenters. The van der Waals surface area contributed by atoms with Crippen molar-refractivity contribution in [1.29, 1.82) is 0 Å². The lowest BCUT2D eigenvalue weighted by molar-refractivity contribution is 0.0982. The highest BCUT2D eigenvalue weighted by Crippen LogP contribution is 2.39. The second-order valence-electron chi connectivity index (χ2n) is 13.2. The molecular formula is C27H46O5Si4. The first-order valence-electron chi connectivity index (χ1n) is 12.8. The smallest absolute Gasteiger partial charge is 0.242 e. The first-order chi connectivity index (χ1) is 16.2. The summed E-state index contributed by atoms with van der Waals surface area (Å²) in [5.74, 6) is 3.26. The summed E-state index contributed by atoms with van der Waals surface area (Å²) in [6.07, 6.45) is 0.908. The first-order valence-corrected chi connectivity index (χ1v) is 26.4. The van der Waals surface area contributed by atoms with Crippen LogP contribution in [0.15, 0.2) is 36.4 Å². The number of ketones is 1. The number of carbonyl (C=O) groups excluding carboxylic acids is 1. The second-order valence-corrected chi connectivity index (χ2v) is 30.9. The van der Waals surface area contributed by atoms with Gasteiger partial charge in [0, 0.05) is 29.7 Å². The average Bonchev–Trinajstić information content (AvgIpc) is 2.62. The topological polar surface area (TPSA) is 54.0 Å². The summed E-state index contributed by atoms with van der Waals surface area (Å²) in [5.41, 5.74) is 1.65. The minimum absolute atomic E-state index is 0.0925. The standard InChI is InChI=1S/C27H46O5Si4/c1-33(2,3)29-22-15-13-21(14-16-22)25(28)18-17-24-26(31-35(7,8)9)19-23(30-34(4,5)6)20-27(24)32-36(10,11)12/h13-16,19-20H,17-18H2,1-12H3. The highest BCUT2D eigenvalue weighted by molar-refractivity contribution is 6.71. The van der Waals surface area contributed by atoms with Gasteiger partial charge in [0.25, 0.3) is 0 Å². The Balaban J connectivity index is 2.39. The molecule has 200 valence electrons. The zero-order chi connectivity index (χ0) is 27.5. The lowest BCUT2D eigenvalue weighted by Crippen LogP contribution is -2.32. The summed E-state index contributed by atoms with van der Waals surface area (Å²) in [7, 11) is -7.36. The third-order valence-corrected chi connectivity index (χ3v) is 7.96. The van der Waals surface area contributed by atoms with Gasteiger partial charge in [0.15, 0.2) is 5.78 Å². The molecule has 0 bridgehead atoms. The molecule has 2 aromatic rings. The van der Waals surface area contributed by atoms with E-state index in [2.05, 4.69) is 78.6 Å². The maximum Gasteiger partial charge on any atom is 0.242 e. The average molecular weight is 563 g/mol. The van der Waals surface area contributed by atoms with E-state index in [0.29, 0.717) is 18.4 Å². The fraction of sp³-hybridized carbons (Fsp3) is 0.519. The van der Waals surface area contributed by atoms with Gasteiger partial charge in [-0.05, 0) is 109 Å². The van der Waals surface area contributed by atoms with Crippen LogP contribution in [0.3, 0.4) is 0 Å². The monoisotopic (exact) mass is 562 g/mol. The van der Waals surface area contributed by atoms with Crippen molar-refractivity contribution in [3.8, 4) is 23.0 Å². The highest BCUT2D eigenvalue weighted by Gasteiger charge is 2.27. The van der Waals surface area contributed by atoms with Crippen LogP contribution in [0.25, 0.3) is 0 Å². The maximum atomic E-state index is 13.1. The first kappa shape index (κ1) is 30.4. The number of hydrogen-bond acceptors (Lipinski definition) is 5. The van der Waals surface area contributed by atoms with E-state index in [1.165, 1.54) is 0 Å². The van der Waals surface area contributed by atoms with E-state index in [-0.39, 0.29) is 5.78 Å². The Morgan fingerprint density at radius 1 is 0.583 bits per heavy atom. The third-order valence-electron chi connectivity index (χ3n) is 4.60. The molecule has 0 aliphatic rings. The molecule has 0 aliphatic carbocycles. The molecule has 2 rings (SSSR count). The van der Waals surface area contributed by atoms with Crippen LogP contribution < -0.4 is 17.7 Å². The third kappa shape index (κ3) is 11.1. The SMILES string of the molecule is C[Si](C)(C)Oc1ccc(C(=O)CCc2c(O[Si](C)(C)C)cc(O[Si](C)(C)C)cc2O[Si](C)(C)C)cc1. The highest BCUT2D eigenvalue weighted by atomic mass is 28.4. The van der Waals surface area contributed by atoms with Crippen LogP contribution in [0.2, 0.25) is 78.6 Å². The molecule has 0 aliphatic heterocycles. The van der Waals surface area contributed by atoms with Crippen LogP contribution >= 0.6 is 0 Å². The molecule has 2 aromatic carbocycles. The molecule has 0 fully saturated rings. The van der Waals surface area contributed by atoms with Crippen LogP contribution in [0, 0.1) is 0 Å². The molecule has 0 saturated heterocycles. The van der Waals surface area contributed by atoms with Crippen LogP contribution in [0.4, 0.5) is 0 Å². The largest absolute Gasteiger partial charge is 0.544 e. The summed E-state index contributed by atoms with van der Waals surface area (Å²) < 4.78 is 25.4. The number of carbonyl (C=O) groups is 1. The lowest BCUT2D eigenvalue weighted by atomic mass is 10.0. The number of benzene rings is 2. The van der Waals surface area contributed by atoms with Crippen LogP contribution in [0.5, 0.6) is 23.0 Å². The molecule has 0 atom stereocenters. The van der Waals surface area contributed by atoms with Gasteiger partial charge in [0.1, 0.15) is 23.0 Å². The lowest BCUT2D eigenvalue weighted by Gasteiger charge is -2.28. The van der Waals surface area contributed by atoms with Crippen molar-refractivity contribution in [2.75, 3.05) is 0 Å². The van der Waals surface area contributed by atoms with Crippen molar-refractivity contribution in [3.63, 3.8) is 0 Å². The molecule has 0 saturated carbocycles. The second kappa shape index (κ2) is 11.3. The van der Waals surface area contributed by atoms with Crippen molar-refractivity contribution < 1.29 is 22.5 Å². The number of hydrogen-bond donors (Lipinski definition) is 0. The Morgan fingerprint density at radius 2 is 0.972 bits per heavy atom. The molecular weight excluding hydrogens is 517 g/mol. The molecule has 0 N–H and O–H groups in total. The molecule has 0 amide bonds. The van der Waals surface area contributed by atoms with Crippen molar-refractivity contribution in [2.24, 2.45) is 0 Å². The van der Waals surface area contributed by atoms with E-state index < -0.39 is 33.3 Å². The number of Topliss-reactive ketones (excluding diaryl/α,β-unsaturated/α-hetero) is 1. The van der Waals surface area contributed by atoms with Crippen molar-refractivity contribution in [1.82, 2.24) is 0 Å². The van der Waals surface area contributed by atoms with Gasteiger partial charge in [-0.1, -0.05) is 0 Å². The Hall–Kier alpha value is -1.82. The zero-order valence-corrected chi connectivity index (χ0v) is 28.4. The van der Waals surface area contributed by atoms with Gasteiger partial charge in [0.2, 0.25) is 33.3 Å². The van der Waals surface area contributed by atoms with Crippen molar-refractivity contribution in [2.45, 2.75) is 91.4 Å². The van der Waals surface area contributed by atoms with Gasteiger partial charge in [-0.2, -0.15) is 0 Å². The van der Waals surface area contributed by atoms with Gasteiger partial charge in [-0.15, -0.1) is 0 Å². The van der Waals surface area contributed by atoms with Crippen LogP contribution in [0.1, 0.15) is 22.3 Å². The van der Waals surface area contributed by atoms with E-state index >= 15 is 0 Å². The quantitative estimate of drug-likeness (QED) is 0.192. The van der Waals surface area contributed by atoms with Gasteiger partial charge in [-0.3, -0.25) is 4.79 Å². The Bertz CT molecular complexity index is 1000. The predicted molar refractivity (Wildman–Crippen MR) is 161 cm³/mol. The minimum atomic E-state index is -1.92. The Labute approximate surface area is 223 Å². The molecule has 0 aromatic heterocycles. The summed E-state index contributed by atoms with van der Waals surface area (Å²) in [4.78, 5) is 13.1. The van der Waals surface area contributed by atoms with Gasteiger partial charge < -0.3 is 17.7 Å². The summed E-state index contributed by atoms with van der Waals surface area (Å²) in [6.45, 7) is 25.9. The van der Waals surface area contributed by atoms with E-state index in [9.17, 15) is 4.79 Å². The summed E-state index contributed by atoms with van der Waals surface area (Å²) in [6, 6.07) is 11.5. The molecule has 0 radical (unpaired) electrons. The maximum absolute atomic E-state index is 13.1. The van der Waals surface area contributed by atoms with Gasteiger partial charge in [-0.25, -0.2) is 0 Å². The summed E-state index contributed by atoms with van der Waals surface area (Å²) >= 11 is 0. The van der Waals surface area contributed by atoms with Gasteiger partial charge in [0.05, 0.1) is 0 Å².